The molecule has 0 bridgehead atoms. The van der Waals surface area contributed by atoms with Crippen LogP contribution in [0.3, 0.4) is 0 Å². The van der Waals surface area contributed by atoms with Crippen molar-refractivity contribution in [2.75, 3.05) is 31.1 Å². The van der Waals surface area contributed by atoms with Crippen LogP contribution in [0.15, 0.2) is 36.7 Å². The maximum absolute atomic E-state index is 13.8. The van der Waals surface area contributed by atoms with Gasteiger partial charge in [-0.1, -0.05) is 0 Å². The molecule has 0 spiro atoms. The lowest BCUT2D eigenvalue weighted by Gasteiger charge is -2.26. The Balaban J connectivity index is 1.62. The second-order valence-corrected chi connectivity index (χ2v) is 6.66. The Bertz CT molecular complexity index is 816. The van der Waals surface area contributed by atoms with Crippen LogP contribution in [-0.4, -0.2) is 48.1 Å². The highest BCUT2D eigenvalue weighted by Gasteiger charge is 2.25. The van der Waals surface area contributed by atoms with E-state index < -0.39 is 17.7 Å². The maximum atomic E-state index is 13.8. The molecule has 1 saturated heterocycles. The molecule has 2 heterocycles. The van der Waals surface area contributed by atoms with E-state index in [1.807, 2.05) is 19.2 Å². The van der Waals surface area contributed by atoms with Crippen molar-refractivity contribution < 1.29 is 18.3 Å². The highest BCUT2D eigenvalue weighted by Crippen LogP contribution is 2.22. The minimum atomic E-state index is -0.848. The molecule has 1 aromatic heterocycles. The van der Waals surface area contributed by atoms with Crippen LogP contribution >= 0.6 is 0 Å². The van der Waals surface area contributed by atoms with Crippen LogP contribution in [0.5, 0.6) is 5.75 Å². The number of aromatic nitrogens is 1. The lowest BCUT2D eigenvalue weighted by molar-refractivity contribution is -0.137. The van der Waals surface area contributed by atoms with Crippen LogP contribution in [0.1, 0.15) is 18.9 Å². The summed E-state index contributed by atoms with van der Waals surface area (Å²) >= 11 is 0. The minimum Gasteiger partial charge on any atom is -0.478 e. The lowest BCUT2D eigenvalue weighted by Crippen LogP contribution is -2.42. The van der Waals surface area contributed by atoms with E-state index in [2.05, 4.69) is 9.88 Å². The third-order valence-corrected chi connectivity index (χ3v) is 4.68. The molecule has 0 radical (unpaired) electrons. The molecule has 1 atom stereocenters. The number of hydrogen-bond acceptors (Lipinski definition) is 4. The monoisotopic (exact) mass is 375 g/mol. The Kier molecular flexibility index (Phi) is 5.88. The van der Waals surface area contributed by atoms with Crippen molar-refractivity contribution in [1.82, 2.24) is 9.88 Å². The van der Waals surface area contributed by atoms with Gasteiger partial charge in [-0.15, -0.1) is 0 Å². The van der Waals surface area contributed by atoms with E-state index in [0.717, 1.165) is 36.3 Å². The molecular weight excluding hydrogens is 352 g/mol. The number of amides is 1. The Labute approximate surface area is 157 Å². The SMILES string of the molecule is Cc1cnccc1N1CCCN(C(=O)C(C)Oc2ccc(F)cc2F)CC1. The molecule has 3 rings (SSSR count). The fourth-order valence-electron chi connectivity index (χ4n) is 3.27. The van der Waals surface area contributed by atoms with Crippen molar-refractivity contribution in [3.05, 3.63) is 53.9 Å². The van der Waals surface area contributed by atoms with Gasteiger partial charge in [0, 0.05) is 50.3 Å². The Morgan fingerprint density at radius 1 is 1.19 bits per heavy atom. The molecule has 7 heteroatoms. The summed E-state index contributed by atoms with van der Waals surface area (Å²) in [5.74, 6) is -1.82. The molecule has 1 amide bonds. The average molecular weight is 375 g/mol. The minimum absolute atomic E-state index is 0.124. The van der Waals surface area contributed by atoms with Crippen LogP contribution in [-0.2, 0) is 4.79 Å². The largest absolute Gasteiger partial charge is 0.478 e. The van der Waals surface area contributed by atoms with Gasteiger partial charge in [0.1, 0.15) is 5.82 Å². The number of benzene rings is 1. The summed E-state index contributed by atoms with van der Waals surface area (Å²) in [5.41, 5.74) is 2.22. The molecule has 5 nitrogen and oxygen atoms in total. The predicted octanol–water partition coefficient (Wildman–Crippen LogP) is 3.17. The van der Waals surface area contributed by atoms with Crippen molar-refractivity contribution in [3.63, 3.8) is 0 Å². The summed E-state index contributed by atoms with van der Waals surface area (Å²) in [6, 6.07) is 5.03. The quantitative estimate of drug-likeness (QED) is 0.824. The Morgan fingerprint density at radius 2 is 2.00 bits per heavy atom. The van der Waals surface area contributed by atoms with Gasteiger partial charge < -0.3 is 14.5 Å². The molecule has 0 saturated carbocycles. The van der Waals surface area contributed by atoms with E-state index in [-0.39, 0.29) is 11.7 Å². The zero-order chi connectivity index (χ0) is 19.4. The molecular formula is C20H23F2N3O2. The van der Waals surface area contributed by atoms with Crippen LogP contribution in [0.25, 0.3) is 0 Å². The number of pyridine rings is 1. The number of aryl methyl sites for hydroxylation is 1. The van der Waals surface area contributed by atoms with E-state index in [0.29, 0.717) is 19.6 Å². The third kappa shape index (κ3) is 4.53. The van der Waals surface area contributed by atoms with E-state index >= 15 is 0 Å². The molecule has 1 aliphatic rings. The summed E-state index contributed by atoms with van der Waals surface area (Å²) in [7, 11) is 0. The second-order valence-electron chi connectivity index (χ2n) is 6.66. The Morgan fingerprint density at radius 3 is 2.74 bits per heavy atom. The first-order valence-electron chi connectivity index (χ1n) is 9.02. The first-order valence-corrected chi connectivity index (χ1v) is 9.02. The molecule has 27 heavy (non-hydrogen) atoms. The normalized spacial score (nSPS) is 16.0. The van der Waals surface area contributed by atoms with E-state index in [1.54, 1.807) is 18.0 Å². The van der Waals surface area contributed by atoms with Gasteiger partial charge in [-0.05, 0) is 44.0 Å². The number of rotatable bonds is 4. The van der Waals surface area contributed by atoms with Gasteiger partial charge in [0.2, 0.25) is 0 Å². The Hall–Kier alpha value is -2.70. The van der Waals surface area contributed by atoms with Gasteiger partial charge in [0.25, 0.3) is 5.91 Å². The summed E-state index contributed by atoms with van der Waals surface area (Å²) in [6.07, 6.45) is 3.57. The number of ether oxygens (including phenoxy) is 1. The van der Waals surface area contributed by atoms with Crippen LogP contribution in [0.4, 0.5) is 14.5 Å². The van der Waals surface area contributed by atoms with E-state index in [1.165, 1.54) is 6.07 Å². The van der Waals surface area contributed by atoms with E-state index in [4.69, 9.17) is 4.74 Å². The summed E-state index contributed by atoms with van der Waals surface area (Å²) in [6.45, 7) is 6.31. The third-order valence-electron chi connectivity index (χ3n) is 4.68. The fourth-order valence-corrected chi connectivity index (χ4v) is 3.27. The topological polar surface area (TPSA) is 45.7 Å². The number of anilines is 1. The highest BCUT2D eigenvalue weighted by atomic mass is 19.1. The van der Waals surface area contributed by atoms with Gasteiger partial charge in [-0.2, -0.15) is 0 Å². The standard InChI is InChI=1S/C20H23F2N3O2/c1-14-13-23-7-6-18(14)24-8-3-9-25(11-10-24)20(26)15(2)27-19-5-4-16(21)12-17(19)22/h4-7,12-13,15H,3,8-11H2,1-2H3. The number of hydrogen-bond donors (Lipinski definition) is 0. The molecule has 1 aliphatic heterocycles. The highest BCUT2D eigenvalue weighted by molar-refractivity contribution is 5.81. The molecule has 144 valence electrons. The zero-order valence-corrected chi connectivity index (χ0v) is 15.5. The lowest BCUT2D eigenvalue weighted by atomic mass is 10.2. The molecule has 0 N–H and O–H groups in total. The van der Waals surface area contributed by atoms with Crippen molar-refractivity contribution in [2.45, 2.75) is 26.4 Å². The van der Waals surface area contributed by atoms with Gasteiger partial charge in [0.05, 0.1) is 0 Å². The molecule has 1 fully saturated rings. The van der Waals surface area contributed by atoms with E-state index in [9.17, 15) is 13.6 Å². The summed E-state index contributed by atoms with van der Waals surface area (Å²) in [5, 5.41) is 0. The maximum Gasteiger partial charge on any atom is 0.263 e. The van der Waals surface area contributed by atoms with Crippen molar-refractivity contribution in [2.24, 2.45) is 0 Å². The first-order chi connectivity index (χ1) is 13.0. The summed E-state index contributed by atoms with van der Waals surface area (Å²) < 4.78 is 32.2. The predicted molar refractivity (Wildman–Crippen MR) is 98.8 cm³/mol. The van der Waals surface area contributed by atoms with Crippen LogP contribution < -0.4 is 9.64 Å². The molecule has 0 aliphatic carbocycles. The van der Waals surface area contributed by atoms with Crippen molar-refractivity contribution in [1.29, 1.82) is 0 Å². The first kappa shape index (κ1) is 19.1. The zero-order valence-electron chi connectivity index (χ0n) is 15.5. The molecule has 1 aromatic carbocycles. The second kappa shape index (κ2) is 8.33. The fraction of sp³-hybridized carbons (Fsp3) is 0.400. The number of carbonyl (C=O) groups is 1. The average Bonchev–Trinajstić information content (AvgIpc) is 2.90. The van der Waals surface area contributed by atoms with Gasteiger partial charge in [-0.25, -0.2) is 8.78 Å². The van der Waals surface area contributed by atoms with Crippen molar-refractivity contribution >= 4 is 11.6 Å². The van der Waals surface area contributed by atoms with Gasteiger partial charge in [-0.3, -0.25) is 9.78 Å². The number of halogens is 2. The van der Waals surface area contributed by atoms with Crippen LogP contribution in [0, 0.1) is 18.6 Å². The smallest absolute Gasteiger partial charge is 0.263 e. The van der Waals surface area contributed by atoms with Gasteiger partial charge in [0.15, 0.2) is 17.7 Å². The number of nitrogens with zero attached hydrogens (tertiary/aromatic N) is 3. The molecule has 2 aromatic rings. The molecule has 1 unspecified atom stereocenters. The van der Waals surface area contributed by atoms with Crippen LogP contribution in [0.2, 0.25) is 0 Å². The van der Waals surface area contributed by atoms with Crippen molar-refractivity contribution in [3.8, 4) is 5.75 Å². The summed E-state index contributed by atoms with van der Waals surface area (Å²) in [4.78, 5) is 20.8. The van der Waals surface area contributed by atoms with Gasteiger partial charge >= 0.3 is 0 Å². The number of carbonyl (C=O) groups excluding carboxylic acids is 1.